The third-order valence-corrected chi connectivity index (χ3v) is 8.06. The molecule has 0 radical (unpaired) electrons. The van der Waals surface area contributed by atoms with E-state index >= 15 is 13.2 Å². The van der Waals surface area contributed by atoms with E-state index in [4.69, 9.17) is 14.2 Å². The summed E-state index contributed by atoms with van der Waals surface area (Å²) < 4.78 is 106. The molecule has 0 amide bonds. The van der Waals surface area contributed by atoms with Crippen LogP contribution in [0.2, 0.25) is 0 Å². The van der Waals surface area contributed by atoms with Crippen molar-refractivity contribution in [3.05, 3.63) is 119 Å². The van der Waals surface area contributed by atoms with Gasteiger partial charge in [0.1, 0.15) is 34.6 Å². The van der Waals surface area contributed by atoms with Crippen LogP contribution in [0.1, 0.15) is 68.9 Å². The van der Waals surface area contributed by atoms with Crippen LogP contribution in [0.3, 0.4) is 0 Å². The Morgan fingerprint density at radius 1 is 0.745 bits per heavy atom. The van der Waals surface area contributed by atoms with Crippen LogP contribution in [0.4, 0.5) is 26.3 Å². The van der Waals surface area contributed by atoms with Crippen LogP contribution in [0.25, 0.3) is 28.3 Å². The Balaban J connectivity index is 1.25. The van der Waals surface area contributed by atoms with Gasteiger partial charge in [0.2, 0.25) is 0 Å². The van der Waals surface area contributed by atoms with Crippen molar-refractivity contribution in [1.82, 2.24) is 0 Å². The van der Waals surface area contributed by atoms with Gasteiger partial charge in [-0.05, 0) is 65.9 Å². The molecule has 1 fully saturated rings. The van der Waals surface area contributed by atoms with Gasteiger partial charge in [-0.2, -0.15) is 8.78 Å². The zero-order chi connectivity index (χ0) is 33.6. The predicted molar refractivity (Wildman–Crippen MR) is 170 cm³/mol. The fourth-order valence-corrected chi connectivity index (χ4v) is 5.51. The largest absolute Gasteiger partial charge is 0.432 e. The van der Waals surface area contributed by atoms with Crippen LogP contribution in [-0.2, 0) is 15.6 Å². The van der Waals surface area contributed by atoms with E-state index in [0.717, 1.165) is 44.2 Å². The minimum absolute atomic E-state index is 0.0413. The van der Waals surface area contributed by atoms with Gasteiger partial charge >= 0.3 is 6.11 Å². The molecule has 1 aliphatic heterocycles. The van der Waals surface area contributed by atoms with Crippen LogP contribution in [0.15, 0.2) is 78.9 Å². The van der Waals surface area contributed by atoms with Crippen molar-refractivity contribution in [3.63, 3.8) is 0 Å². The number of ether oxygens (including phenoxy) is 3. The molecular formula is C38H36F6O3. The molecule has 1 saturated heterocycles. The van der Waals surface area contributed by atoms with Crippen molar-refractivity contribution in [3.8, 4) is 28.0 Å². The van der Waals surface area contributed by atoms with Gasteiger partial charge in [0.25, 0.3) is 0 Å². The maximum atomic E-state index is 15.1. The van der Waals surface area contributed by atoms with E-state index in [1.807, 2.05) is 13.0 Å². The fourth-order valence-electron chi connectivity index (χ4n) is 5.51. The molecule has 0 bridgehead atoms. The Bertz CT molecular complexity index is 1670. The lowest BCUT2D eigenvalue weighted by atomic mass is 9.98. The van der Waals surface area contributed by atoms with E-state index in [-0.39, 0.29) is 22.8 Å². The SMILES string of the molecule is CC/C=C/c1ccc(-c2ccc(-c3ccc(OC(F)(F)c4c(F)cc(C5OCC(CCCCC)CO5)cc4F)cc3)cc2F)cc1F. The van der Waals surface area contributed by atoms with Gasteiger partial charge in [0.15, 0.2) is 6.29 Å². The number of halogens is 6. The first-order valence-corrected chi connectivity index (χ1v) is 15.8. The van der Waals surface area contributed by atoms with Crippen LogP contribution in [0, 0.1) is 29.2 Å². The third-order valence-electron chi connectivity index (χ3n) is 8.06. The second-order valence-corrected chi connectivity index (χ2v) is 11.6. The number of allylic oxidation sites excluding steroid dienone is 1. The average Bonchev–Trinajstić information content (AvgIpc) is 3.04. The number of hydrogen-bond acceptors (Lipinski definition) is 3. The second-order valence-electron chi connectivity index (χ2n) is 11.6. The molecule has 248 valence electrons. The van der Waals surface area contributed by atoms with Crippen LogP contribution >= 0.6 is 0 Å². The van der Waals surface area contributed by atoms with Crippen molar-refractivity contribution in [2.75, 3.05) is 13.2 Å². The fraction of sp³-hybridized carbons (Fsp3) is 0.316. The smallest absolute Gasteiger partial charge is 0.429 e. The van der Waals surface area contributed by atoms with E-state index in [1.165, 1.54) is 42.5 Å². The number of hydrogen-bond donors (Lipinski definition) is 0. The number of unbranched alkanes of at least 4 members (excludes halogenated alkanes) is 2. The molecule has 0 N–H and O–H groups in total. The first kappa shape index (κ1) is 34.3. The van der Waals surface area contributed by atoms with Crippen LogP contribution in [0.5, 0.6) is 5.75 Å². The molecule has 0 aliphatic carbocycles. The molecule has 5 rings (SSSR count). The zero-order valence-electron chi connectivity index (χ0n) is 26.2. The molecule has 1 aliphatic rings. The summed E-state index contributed by atoms with van der Waals surface area (Å²) in [7, 11) is 0. The lowest BCUT2D eigenvalue weighted by molar-refractivity contribution is -0.206. The van der Waals surface area contributed by atoms with Crippen molar-refractivity contribution < 1.29 is 40.6 Å². The van der Waals surface area contributed by atoms with Gasteiger partial charge < -0.3 is 14.2 Å². The molecule has 1 heterocycles. The molecule has 47 heavy (non-hydrogen) atoms. The molecule has 0 atom stereocenters. The summed E-state index contributed by atoms with van der Waals surface area (Å²) in [6.45, 7) is 4.72. The Morgan fingerprint density at radius 3 is 2.00 bits per heavy atom. The molecule has 4 aromatic carbocycles. The Kier molecular flexibility index (Phi) is 11.1. The maximum absolute atomic E-state index is 15.1. The highest BCUT2D eigenvalue weighted by molar-refractivity contribution is 5.72. The summed E-state index contributed by atoms with van der Waals surface area (Å²) >= 11 is 0. The minimum atomic E-state index is -4.35. The van der Waals surface area contributed by atoms with Gasteiger partial charge in [-0.25, -0.2) is 17.6 Å². The summed E-state index contributed by atoms with van der Waals surface area (Å²) in [4.78, 5) is 0. The zero-order valence-corrected chi connectivity index (χ0v) is 26.2. The van der Waals surface area contributed by atoms with E-state index in [2.05, 4.69) is 6.92 Å². The van der Waals surface area contributed by atoms with Crippen molar-refractivity contribution in [1.29, 1.82) is 0 Å². The summed E-state index contributed by atoms with van der Waals surface area (Å²) in [5, 5.41) is 0. The number of alkyl halides is 2. The Labute approximate surface area is 270 Å². The van der Waals surface area contributed by atoms with E-state index in [9.17, 15) is 13.2 Å². The molecule has 0 spiro atoms. The molecule has 4 aromatic rings. The molecule has 9 heteroatoms. The molecular weight excluding hydrogens is 618 g/mol. The monoisotopic (exact) mass is 654 g/mol. The van der Waals surface area contributed by atoms with Crippen molar-refractivity contribution in [2.24, 2.45) is 5.92 Å². The molecule has 0 aromatic heterocycles. The highest BCUT2D eigenvalue weighted by atomic mass is 19.3. The van der Waals surface area contributed by atoms with E-state index in [1.54, 1.807) is 24.3 Å². The first-order valence-electron chi connectivity index (χ1n) is 15.8. The number of rotatable bonds is 12. The minimum Gasteiger partial charge on any atom is -0.429 e. The predicted octanol–water partition coefficient (Wildman–Crippen LogP) is 11.4. The highest BCUT2D eigenvalue weighted by Crippen LogP contribution is 2.38. The lowest BCUT2D eigenvalue weighted by Gasteiger charge is -2.30. The van der Waals surface area contributed by atoms with Gasteiger partial charge in [-0.1, -0.05) is 81.7 Å². The number of benzene rings is 4. The summed E-state index contributed by atoms with van der Waals surface area (Å²) in [6.07, 6.45) is 2.93. The normalized spacial score (nSPS) is 16.9. The lowest BCUT2D eigenvalue weighted by Crippen LogP contribution is -2.28. The summed E-state index contributed by atoms with van der Waals surface area (Å²) in [5.41, 5.74) is 0.282. The topological polar surface area (TPSA) is 27.7 Å². The average molecular weight is 655 g/mol. The Morgan fingerprint density at radius 2 is 1.38 bits per heavy atom. The molecule has 3 nitrogen and oxygen atoms in total. The molecule has 0 saturated carbocycles. The van der Waals surface area contributed by atoms with Gasteiger partial charge in [-0.3, -0.25) is 0 Å². The van der Waals surface area contributed by atoms with E-state index in [0.29, 0.717) is 35.5 Å². The van der Waals surface area contributed by atoms with Crippen LogP contribution in [-0.4, -0.2) is 13.2 Å². The first-order chi connectivity index (χ1) is 22.6. The molecule has 0 unspecified atom stereocenters. The van der Waals surface area contributed by atoms with E-state index < -0.39 is 41.2 Å². The van der Waals surface area contributed by atoms with Gasteiger partial charge in [0, 0.05) is 22.6 Å². The Hall–Kier alpha value is -4.08. The maximum Gasteiger partial charge on any atom is 0.432 e. The third kappa shape index (κ3) is 8.26. The highest BCUT2D eigenvalue weighted by Gasteiger charge is 2.42. The van der Waals surface area contributed by atoms with Crippen LogP contribution < -0.4 is 4.74 Å². The quantitative estimate of drug-likeness (QED) is 0.112. The van der Waals surface area contributed by atoms with Crippen molar-refractivity contribution >= 4 is 6.08 Å². The second kappa shape index (κ2) is 15.2. The summed E-state index contributed by atoms with van der Waals surface area (Å²) in [6, 6.07) is 15.6. The van der Waals surface area contributed by atoms with Gasteiger partial charge in [0.05, 0.1) is 13.2 Å². The standard InChI is InChI=1S/C38H36F6O3/c1-3-5-7-8-24-22-45-37(46-23-24)29-20-34(41)36(35(42)21-29)38(43,44)47-30-15-12-25(13-16-30)27-14-17-31(33(40)18-27)28-11-10-26(9-6-4-2)32(39)19-28/h6,9-21,24,37H,3-5,7-8,22-23H2,1-2H3/b9-6+. The van der Waals surface area contributed by atoms with Gasteiger partial charge in [-0.15, -0.1) is 0 Å². The summed E-state index contributed by atoms with van der Waals surface area (Å²) in [5.74, 6) is -4.27. The van der Waals surface area contributed by atoms with Crippen molar-refractivity contribution in [2.45, 2.75) is 58.4 Å².